The number of hydrogen-bond acceptors (Lipinski definition) is 5. The van der Waals surface area contributed by atoms with Crippen LogP contribution in [0.15, 0.2) is 30.5 Å². The molecule has 6 nitrogen and oxygen atoms in total. The van der Waals surface area contributed by atoms with Gasteiger partial charge < -0.3 is 4.90 Å². The molecule has 0 atom stereocenters. The molecule has 1 aliphatic carbocycles. The van der Waals surface area contributed by atoms with Gasteiger partial charge in [-0.25, -0.2) is 4.39 Å². The molecule has 0 unspecified atom stereocenters. The maximum Gasteiger partial charge on any atom is 0.238 e. The van der Waals surface area contributed by atoms with E-state index in [1.54, 1.807) is 6.20 Å². The number of halogens is 2. The van der Waals surface area contributed by atoms with Crippen LogP contribution in [-0.2, 0) is 4.79 Å². The number of rotatable bonds is 6. The molecule has 2 fully saturated rings. The molecule has 8 heteroatoms. The number of amides is 1. The summed E-state index contributed by atoms with van der Waals surface area (Å²) >= 11 is 6.51. The van der Waals surface area contributed by atoms with Gasteiger partial charge in [-0.3, -0.25) is 15.6 Å². The fourth-order valence-electron chi connectivity index (χ4n) is 3.62. The minimum atomic E-state index is -0.208. The summed E-state index contributed by atoms with van der Waals surface area (Å²) in [6.07, 6.45) is 6.32. The Hall–Kier alpha value is -2.41. The summed E-state index contributed by atoms with van der Waals surface area (Å²) in [4.78, 5) is 14.0. The van der Waals surface area contributed by atoms with Crippen molar-refractivity contribution in [2.45, 2.75) is 38.0 Å². The second kappa shape index (κ2) is 8.31. The highest BCUT2D eigenvalue weighted by molar-refractivity contribution is 6.35. The molecule has 1 aromatic carbocycles. The standard InChI is InChI=1S/C20H23ClFN5O/c21-19-17(12-23-25-20(19)26-24-18(28)11-13-1-2-13)27-9-7-15(8-10-27)14-3-5-16(22)6-4-14/h3-6,12-13,15H,1-2,7-11H2,(H,24,28)(H,25,26). The number of aromatic nitrogens is 2. The maximum atomic E-state index is 13.1. The highest BCUT2D eigenvalue weighted by atomic mass is 35.5. The Morgan fingerprint density at radius 1 is 1.18 bits per heavy atom. The molecule has 2 aromatic rings. The van der Waals surface area contributed by atoms with E-state index in [9.17, 15) is 9.18 Å². The fourth-order valence-corrected chi connectivity index (χ4v) is 3.87. The lowest BCUT2D eigenvalue weighted by atomic mass is 9.89. The van der Waals surface area contributed by atoms with Crippen LogP contribution in [0, 0.1) is 11.7 Å². The number of piperidine rings is 1. The van der Waals surface area contributed by atoms with E-state index in [-0.39, 0.29) is 11.7 Å². The number of hydrogen-bond donors (Lipinski definition) is 2. The van der Waals surface area contributed by atoms with Gasteiger partial charge in [-0.2, -0.15) is 5.10 Å². The van der Waals surface area contributed by atoms with Crippen LogP contribution in [0.5, 0.6) is 0 Å². The number of hydrazine groups is 1. The van der Waals surface area contributed by atoms with Crippen LogP contribution in [0.1, 0.15) is 43.6 Å². The first-order valence-electron chi connectivity index (χ1n) is 9.66. The summed E-state index contributed by atoms with van der Waals surface area (Å²) in [5.74, 6) is 0.997. The first-order valence-corrected chi connectivity index (χ1v) is 10.0. The Morgan fingerprint density at radius 2 is 1.89 bits per heavy atom. The zero-order chi connectivity index (χ0) is 19.5. The van der Waals surface area contributed by atoms with Crippen LogP contribution < -0.4 is 15.8 Å². The molecule has 28 heavy (non-hydrogen) atoms. The van der Waals surface area contributed by atoms with E-state index in [1.807, 2.05) is 12.1 Å². The maximum absolute atomic E-state index is 13.1. The first kappa shape index (κ1) is 18.9. The van der Waals surface area contributed by atoms with Crippen molar-refractivity contribution in [3.63, 3.8) is 0 Å². The highest BCUT2D eigenvalue weighted by Crippen LogP contribution is 2.35. The van der Waals surface area contributed by atoms with Crippen molar-refractivity contribution in [2.24, 2.45) is 5.92 Å². The minimum absolute atomic E-state index is 0.0640. The third kappa shape index (κ3) is 4.52. The predicted molar refractivity (Wildman–Crippen MR) is 107 cm³/mol. The van der Waals surface area contributed by atoms with Crippen molar-refractivity contribution in [3.05, 3.63) is 46.9 Å². The first-order chi connectivity index (χ1) is 13.6. The van der Waals surface area contributed by atoms with Crippen molar-refractivity contribution in [1.29, 1.82) is 0 Å². The zero-order valence-electron chi connectivity index (χ0n) is 15.5. The molecule has 2 heterocycles. The van der Waals surface area contributed by atoms with Crippen molar-refractivity contribution in [2.75, 3.05) is 23.4 Å². The third-order valence-corrected chi connectivity index (χ3v) is 5.81. The van der Waals surface area contributed by atoms with E-state index >= 15 is 0 Å². The predicted octanol–water partition coefficient (Wildman–Crippen LogP) is 3.90. The monoisotopic (exact) mass is 403 g/mol. The molecule has 1 aliphatic heterocycles. The molecule has 1 saturated carbocycles. The zero-order valence-corrected chi connectivity index (χ0v) is 16.3. The minimum Gasteiger partial charge on any atom is -0.369 e. The van der Waals surface area contributed by atoms with Crippen molar-refractivity contribution in [3.8, 4) is 0 Å². The molecule has 0 spiro atoms. The van der Waals surface area contributed by atoms with Crippen molar-refractivity contribution in [1.82, 2.24) is 15.6 Å². The summed E-state index contributed by atoms with van der Waals surface area (Å²) in [7, 11) is 0. The van der Waals surface area contributed by atoms with E-state index in [1.165, 1.54) is 17.7 Å². The summed E-state index contributed by atoms with van der Waals surface area (Å²) < 4.78 is 13.1. The molecular formula is C20H23ClFN5O. The van der Waals surface area contributed by atoms with E-state index < -0.39 is 0 Å². The van der Waals surface area contributed by atoms with Crippen LogP contribution in [0.2, 0.25) is 5.02 Å². The van der Waals surface area contributed by atoms with Gasteiger partial charge in [-0.15, -0.1) is 5.10 Å². The van der Waals surface area contributed by atoms with Crippen molar-refractivity contribution < 1.29 is 9.18 Å². The number of carbonyl (C=O) groups is 1. The Kier molecular flexibility index (Phi) is 5.62. The van der Waals surface area contributed by atoms with Gasteiger partial charge in [0.1, 0.15) is 10.8 Å². The van der Waals surface area contributed by atoms with Gasteiger partial charge >= 0.3 is 0 Å². The summed E-state index contributed by atoms with van der Waals surface area (Å²) in [6.45, 7) is 1.64. The van der Waals surface area contributed by atoms with Gasteiger partial charge in [-0.05, 0) is 55.2 Å². The lowest BCUT2D eigenvalue weighted by Crippen LogP contribution is -2.34. The van der Waals surface area contributed by atoms with E-state index in [0.29, 0.717) is 29.1 Å². The number of nitrogens with zero attached hydrogens (tertiary/aromatic N) is 3. The number of anilines is 2. The molecule has 4 rings (SSSR count). The molecular weight excluding hydrogens is 381 g/mol. The Bertz CT molecular complexity index is 835. The number of carbonyl (C=O) groups excluding carboxylic acids is 1. The van der Waals surface area contributed by atoms with Crippen molar-refractivity contribution >= 4 is 29.0 Å². The fraction of sp³-hybridized carbons (Fsp3) is 0.450. The van der Waals surface area contributed by atoms with E-state index in [0.717, 1.165) is 44.5 Å². The Morgan fingerprint density at radius 3 is 2.57 bits per heavy atom. The molecule has 1 saturated heterocycles. The number of benzene rings is 1. The lowest BCUT2D eigenvalue weighted by Gasteiger charge is -2.34. The smallest absolute Gasteiger partial charge is 0.238 e. The van der Waals surface area contributed by atoms with Crippen LogP contribution >= 0.6 is 11.6 Å². The average molecular weight is 404 g/mol. The SMILES string of the molecule is O=C(CC1CC1)NNc1nncc(N2CCC(c3ccc(F)cc3)CC2)c1Cl. The second-order valence-corrected chi connectivity index (χ2v) is 7.90. The van der Waals surface area contributed by atoms with Gasteiger partial charge in [-0.1, -0.05) is 23.7 Å². The quantitative estimate of drug-likeness (QED) is 0.716. The normalized spacial score (nSPS) is 17.4. The number of nitrogens with one attached hydrogen (secondary N) is 2. The van der Waals surface area contributed by atoms with Crippen LogP contribution in [0.4, 0.5) is 15.9 Å². The molecule has 0 bridgehead atoms. The van der Waals surface area contributed by atoms with Crippen LogP contribution in [0.25, 0.3) is 0 Å². The molecule has 1 aromatic heterocycles. The molecule has 1 amide bonds. The van der Waals surface area contributed by atoms with Gasteiger partial charge in [0, 0.05) is 19.5 Å². The average Bonchev–Trinajstić information content (AvgIpc) is 3.52. The molecule has 2 aliphatic rings. The van der Waals surface area contributed by atoms with Gasteiger partial charge in [0.25, 0.3) is 0 Å². The molecule has 0 radical (unpaired) electrons. The van der Waals surface area contributed by atoms with Crippen LogP contribution in [-0.4, -0.2) is 29.2 Å². The summed E-state index contributed by atoms with van der Waals surface area (Å²) in [5.41, 5.74) is 7.41. The van der Waals surface area contributed by atoms with Gasteiger partial charge in [0.15, 0.2) is 5.82 Å². The second-order valence-electron chi connectivity index (χ2n) is 7.53. The largest absolute Gasteiger partial charge is 0.369 e. The van der Waals surface area contributed by atoms with E-state index in [4.69, 9.17) is 11.6 Å². The lowest BCUT2D eigenvalue weighted by molar-refractivity contribution is -0.120. The Labute approximate surface area is 168 Å². The highest BCUT2D eigenvalue weighted by Gasteiger charge is 2.25. The van der Waals surface area contributed by atoms with Crippen LogP contribution in [0.3, 0.4) is 0 Å². The van der Waals surface area contributed by atoms with E-state index in [2.05, 4.69) is 25.9 Å². The Balaban J connectivity index is 1.36. The molecule has 2 N–H and O–H groups in total. The summed E-state index contributed by atoms with van der Waals surface area (Å²) in [6, 6.07) is 6.76. The molecule has 148 valence electrons. The van der Waals surface area contributed by atoms with Gasteiger partial charge in [0.2, 0.25) is 5.91 Å². The summed E-state index contributed by atoms with van der Waals surface area (Å²) in [5, 5.41) is 8.47. The van der Waals surface area contributed by atoms with Gasteiger partial charge in [0.05, 0.1) is 11.9 Å². The third-order valence-electron chi connectivity index (χ3n) is 5.44. The topological polar surface area (TPSA) is 70.1 Å².